The molecule has 9 heavy (non-hydrogen) atoms. The number of unbranched alkanes of at least 4 members (excludes halogenated alkanes) is 1. The monoisotopic (exact) mass is 126 g/mol. The first-order valence-electron chi connectivity index (χ1n) is 2.88. The van der Waals surface area contributed by atoms with Crippen molar-refractivity contribution < 1.29 is 4.79 Å². The minimum atomic E-state index is -0.0343. The van der Waals surface area contributed by atoms with Crippen LogP contribution >= 0.6 is 0 Å². The van der Waals surface area contributed by atoms with Gasteiger partial charge in [-0.05, 0) is 6.42 Å². The van der Waals surface area contributed by atoms with Crippen molar-refractivity contribution >= 4 is 5.91 Å². The van der Waals surface area contributed by atoms with Gasteiger partial charge in [0.1, 0.15) is 0 Å². The van der Waals surface area contributed by atoms with E-state index in [1.165, 1.54) is 6.92 Å². The van der Waals surface area contributed by atoms with Gasteiger partial charge in [-0.25, -0.2) is 0 Å². The molecule has 0 saturated heterocycles. The molecule has 0 aromatic heterocycles. The molecule has 0 rings (SSSR count). The minimum absolute atomic E-state index is 0.0343. The Balaban J connectivity index is 2.94. The summed E-state index contributed by atoms with van der Waals surface area (Å²) < 4.78 is 0. The van der Waals surface area contributed by atoms with Gasteiger partial charge in [-0.15, -0.1) is 0 Å². The van der Waals surface area contributed by atoms with E-state index in [2.05, 4.69) is 5.32 Å². The van der Waals surface area contributed by atoms with Crippen LogP contribution < -0.4 is 5.32 Å². The quantitative estimate of drug-likeness (QED) is 0.557. The molecule has 0 bridgehead atoms. The highest BCUT2D eigenvalue weighted by Gasteiger charge is 1.87. The molecule has 0 fully saturated rings. The third kappa shape index (κ3) is 6.96. The van der Waals surface area contributed by atoms with E-state index in [1.807, 2.05) is 6.07 Å². The average molecular weight is 126 g/mol. The topological polar surface area (TPSA) is 52.9 Å². The molecule has 0 unspecified atom stereocenters. The number of rotatable bonds is 3. The molecule has 1 amide bonds. The van der Waals surface area contributed by atoms with Crippen LogP contribution in [0.2, 0.25) is 0 Å². The van der Waals surface area contributed by atoms with Crippen LogP contribution in [0.3, 0.4) is 0 Å². The van der Waals surface area contributed by atoms with Crippen molar-refractivity contribution in [2.45, 2.75) is 19.8 Å². The van der Waals surface area contributed by atoms with Gasteiger partial charge in [-0.3, -0.25) is 4.79 Å². The van der Waals surface area contributed by atoms with Gasteiger partial charge < -0.3 is 5.32 Å². The molecule has 50 valence electrons. The molecule has 0 aromatic carbocycles. The molecule has 0 aliphatic carbocycles. The van der Waals surface area contributed by atoms with Gasteiger partial charge in [0.05, 0.1) is 6.07 Å². The molecular formula is C6H10N2O. The third-order valence-corrected chi connectivity index (χ3v) is 0.839. The highest BCUT2D eigenvalue weighted by molar-refractivity contribution is 5.72. The van der Waals surface area contributed by atoms with Crippen molar-refractivity contribution in [1.29, 1.82) is 5.26 Å². The van der Waals surface area contributed by atoms with Gasteiger partial charge in [0, 0.05) is 19.9 Å². The molecule has 0 aliphatic rings. The van der Waals surface area contributed by atoms with Crippen LogP contribution in [0.15, 0.2) is 0 Å². The molecule has 0 heterocycles. The van der Waals surface area contributed by atoms with Crippen molar-refractivity contribution in [2.24, 2.45) is 0 Å². The van der Waals surface area contributed by atoms with Crippen LogP contribution in [-0.4, -0.2) is 12.5 Å². The normalized spacial score (nSPS) is 8.00. The molecule has 3 heteroatoms. The summed E-state index contributed by atoms with van der Waals surface area (Å²) in [4.78, 5) is 10.2. The predicted molar refractivity (Wildman–Crippen MR) is 33.5 cm³/mol. The van der Waals surface area contributed by atoms with Gasteiger partial charge in [0.2, 0.25) is 5.91 Å². The third-order valence-electron chi connectivity index (χ3n) is 0.839. The first-order valence-corrected chi connectivity index (χ1v) is 2.88. The van der Waals surface area contributed by atoms with Crippen LogP contribution in [0, 0.1) is 11.3 Å². The summed E-state index contributed by atoms with van der Waals surface area (Å²) in [6.45, 7) is 2.08. The fourth-order valence-corrected chi connectivity index (χ4v) is 0.432. The molecule has 0 aliphatic heterocycles. The number of hydrogen-bond acceptors (Lipinski definition) is 2. The Morgan fingerprint density at radius 3 is 2.89 bits per heavy atom. The fraction of sp³-hybridized carbons (Fsp3) is 0.667. The number of amides is 1. The zero-order chi connectivity index (χ0) is 7.11. The lowest BCUT2D eigenvalue weighted by molar-refractivity contribution is -0.118. The van der Waals surface area contributed by atoms with E-state index >= 15 is 0 Å². The Labute approximate surface area is 54.7 Å². The largest absolute Gasteiger partial charge is 0.356 e. The number of nitrogens with zero attached hydrogens (tertiary/aromatic N) is 1. The van der Waals surface area contributed by atoms with Crippen LogP contribution in [0.25, 0.3) is 0 Å². The van der Waals surface area contributed by atoms with E-state index in [1.54, 1.807) is 0 Å². The number of carbonyl (C=O) groups excluding carboxylic acids is 1. The number of nitriles is 1. The maximum Gasteiger partial charge on any atom is 0.216 e. The van der Waals surface area contributed by atoms with Crippen molar-refractivity contribution in [3.63, 3.8) is 0 Å². The van der Waals surface area contributed by atoms with Crippen molar-refractivity contribution in [2.75, 3.05) is 6.54 Å². The second kappa shape index (κ2) is 5.10. The summed E-state index contributed by atoms with van der Waals surface area (Å²) >= 11 is 0. The first kappa shape index (κ1) is 7.96. The van der Waals surface area contributed by atoms with Gasteiger partial charge >= 0.3 is 0 Å². The van der Waals surface area contributed by atoms with Gasteiger partial charge in [0.15, 0.2) is 0 Å². The number of hydrogen-bond donors (Lipinski definition) is 1. The lowest BCUT2D eigenvalue weighted by Gasteiger charge is -1.95. The highest BCUT2D eigenvalue weighted by Crippen LogP contribution is 1.81. The lowest BCUT2D eigenvalue weighted by Crippen LogP contribution is -2.20. The Morgan fingerprint density at radius 2 is 2.44 bits per heavy atom. The SMILES string of the molecule is CC(=O)NCCCC#N. The fourth-order valence-electron chi connectivity index (χ4n) is 0.432. The van der Waals surface area contributed by atoms with E-state index in [0.717, 1.165) is 6.42 Å². The zero-order valence-corrected chi connectivity index (χ0v) is 5.48. The minimum Gasteiger partial charge on any atom is -0.356 e. The molecule has 0 aromatic rings. The maximum atomic E-state index is 10.2. The summed E-state index contributed by atoms with van der Waals surface area (Å²) in [5.41, 5.74) is 0. The molecule has 1 N–H and O–H groups in total. The van der Waals surface area contributed by atoms with Crippen LogP contribution in [0.4, 0.5) is 0 Å². The number of carbonyl (C=O) groups is 1. The van der Waals surface area contributed by atoms with Crippen molar-refractivity contribution in [3.05, 3.63) is 0 Å². The second-order valence-electron chi connectivity index (χ2n) is 1.74. The summed E-state index contributed by atoms with van der Waals surface area (Å²) in [5.74, 6) is -0.0343. The Hall–Kier alpha value is -1.04. The summed E-state index contributed by atoms with van der Waals surface area (Å²) in [6, 6.07) is 1.99. The van der Waals surface area contributed by atoms with Crippen LogP contribution in [0.1, 0.15) is 19.8 Å². The molecule has 0 saturated carbocycles. The second-order valence-corrected chi connectivity index (χ2v) is 1.74. The highest BCUT2D eigenvalue weighted by atomic mass is 16.1. The first-order chi connectivity index (χ1) is 4.27. The lowest BCUT2D eigenvalue weighted by atomic mass is 10.3. The average Bonchev–Trinajstić information content (AvgIpc) is 1.80. The molecule has 0 atom stereocenters. The molecule has 0 spiro atoms. The van der Waals surface area contributed by atoms with Crippen molar-refractivity contribution in [1.82, 2.24) is 5.32 Å². The van der Waals surface area contributed by atoms with E-state index in [0.29, 0.717) is 13.0 Å². The maximum absolute atomic E-state index is 10.2. The summed E-state index contributed by atoms with van der Waals surface area (Å²) in [7, 11) is 0. The summed E-state index contributed by atoms with van der Waals surface area (Å²) in [5, 5.41) is 10.7. The Morgan fingerprint density at radius 1 is 1.78 bits per heavy atom. The number of nitrogens with one attached hydrogen (secondary N) is 1. The smallest absolute Gasteiger partial charge is 0.216 e. The Bertz CT molecular complexity index is 126. The van der Waals surface area contributed by atoms with Crippen LogP contribution in [-0.2, 0) is 4.79 Å². The molecular weight excluding hydrogens is 116 g/mol. The van der Waals surface area contributed by atoms with Crippen molar-refractivity contribution in [3.8, 4) is 6.07 Å². The van der Waals surface area contributed by atoms with E-state index < -0.39 is 0 Å². The molecule has 0 radical (unpaired) electrons. The predicted octanol–water partition coefficient (Wildman–Crippen LogP) is 0.426. The van der Waals surface area contributed by atoms with Crippen LogP contribution in [0.5, 0.6) is 0 Å². The Kier molecular flexibility index (Phi) is 4.51. The standard InChI is InChI=1S/C6H10N2O/c1-6(9)8-5-3-2-4-7/h2-3,5H2,1H3,(H,8,9). The van der Waals surface area contributed by atoms with E-state index in [9.17, 15) is 4.79 Å². The molecule has 3 nitrogen and oxygen atoms in total. The zero-order valence-electron chi connectivity index (χ0n) is 5.48. The van der Waals surface area contributed by atoms with Gasteiger partial charge in [-0.1, -0.05) is 0 Å². The van der Waals surface area contributed by atoms with E-state index in [4.69, 9.17) is 5.26 Å². The summed E-state index contributed by atoms with van der Waals surface area (Å²) in [6.07, 6.45) is 1.26. The van der Waals surface area contributed by atoms with Gasteiger partial charge in [-0.2, -0.15) is 5.26 Å². The van der Waals surface area contributed by atoms with E-state index in [-0.39, 0.29) is 5.91 Å². The van der Waals surface area contributed by atoms with Gasteiger partial charge in [0.25, 0.3) is 0 Å².